The fourth-order valence-electron chi connectivity index (χ4n) is 2.06. The van der Waals surface area contributed by atoms with E-state index in [2.05, 4.69) is 0 Å². The molecule has 0 bridgehead atoms. The molecule has 20 heavy (non-hydrogen) atoms. The van der Waals surface area contributed by atoms with Crippen molar-refractivity contribution in [1.82, 2.24) is 4.90 Å². The Morgan fingerprint density at radius 1 is 1.35 bits per heavy atom. The summed E-state index contributed by atoms with van der Waals surface area (Å²) < 4.78 is 1.12. The van der Waals surface area contributed by atoms with Gasteiger partial charge in [-0.2, -0.15) is 0 Å². The van der Waals surface area contributed by atoms with Crippen molar-refractivity contribution in [2.24, 2.45) is 0 Å². The summed E-state index contributed by atoms with van der Waals surface area (Å²) in [7, 11) is 0. The zero-order chi connectivity index (χ0) is 14.7. The van der Waals surface area contributed by atoms with Crippen LogP contribution in [0.15, 0.2) is 29.6 Å². The number of carboxylic acids is 1. The number of carboxylic acid groups (broad SMARTS) is 1. The summed E-state index contributed by atoms with van der Waals surface area (Å²) in [6, 6.07) is 7.35. The molecule has 5 heteroatoms. The van der Waals surface area contributed by atoms with Crippen LogP contribution in [0.1, 0.15) is 30.6 Å². The fourth-order valence-corrected chi connectivity index (χ4v) is 2.83. The van der Waals surface area contributed by atoms with E-state index in [0.29, 0.717) is 5.56 Å². The number of hydrogen-bond donors (Lipinski definition) is 1. The van der Waals surface area contributed by atoms with Crippen LogP contribution in [0.5, 0.6) is 0 Å². The largest absolute Gasteiger partial charge is 0.480 e. The Bertz CT molecular complexity index is 635. The molecule has 1 unspecified atom stereocenters. The lowest BCUT2D eigenvalue weighted by Gasteiger charge is -2.27. The SMILES string of the molecule is CCC(C)N(CC(=O)O)C(=O)c1ccc2sccc2c1. The average molecular weight is 291 g/mol. The maximum absolute atomic E-state index is 12.5. The molecule has 2 aromatic rings. The first-order valence-electron chi connectivity index (χ1n) is 6.53. The summed E-state index contributed by atoms with van der Waals surface area (Å²) in [5.74, 6) is -1.22. The van der Waals surface area contributed by atoms with Crippen LogP contribution < -0.4 is 0 Å². The number of carbonyl (C=O) groups excluding carboxylic acids is 1. The number of hydrogen-bond acceptors (Lipinski definition) is 3. The van der Waals surface area contributed by atoms with Crippen molar-refractivity contribution in [3.05, 3.63) is 35.2 Å². The highest BCUT2D eigenvalue weighted by Crippen LogP contribution is 2.23. The molecule has 1 atom stereocenters. The number of fused-ring (bicyclic) bond motifs is 1. The second-order valence-electron chi connectivity index (χ2n) is 4.76. The van der Waals surface area contributed by atoms with Crippen molar-refractivity contribution in [2.45, 2.75) is 26.3 Å². The molecule has 1 heterocycles. The summed E-state index contributed by atoms with van der Waals surface area (Å²) in [5.41, 5.74) is 0.539. The Morgan fingerprint density at radius 3 is 2.75 bits per heavy atom. The monoisotopic (exact) mass is 291 g/mol. The number of carbonyl (C=O) groups is 2. The second-order valence-corrected chi connectivity index (χ2v) is 5.70. The molecule has 0 spiro atoms. The average Bonchev–Trinajstić information content (AvgIpc) is 2.90. The van der Waals surface area contributed by atoms with E-state index in [1.54, 1.807) is 17.4 Å². The minimum atomic E-state index is -0.990. The summed E-state index contributed by atoms with van der Waals surface area (Å²) >= 11 is 1.62. The van der Waals surface area contributed by atoms with E-state index < -0.39 is 5.97 Å². The third kappa shape index (κ3) is 2.99. The first kappa shape index (κ1) is 14.5. The second kappa shape index (κ2) is 6.05. The lowest BCUT2D eigenvalue weighted by molar-refractivity contribution is -0.138. The van der Waals surface area contributed by atoms with Crippen LogP contribution in [0.3, 0.4) is 0 Å². The summed E-state index contributed by atoms with van der Waals surface area (Å²) in [6.07, 6.45) is 0.722. The van der Waals surface area contributed by atoms with Gasteiger partial charge in [-0.05, 0) is 48.4 Å². The van der Waals surface area contributed by atoms with Crippen molar-refractivity contribution in [3.8, 4) is 0 Å². The quantitative estimate of drug-likeness (QED) is 0.920. The van der Waals surface area contributed by atoms with Crippen molar-refractivity contribution in [1.29, 1.82) is 0 Å². The predicted octanol–water partition coefficient (Wildman–Crippen LogP) is 3.23. The Morgan fingerprint density at radius 2 is 2.10 bits per heavy atom. The predicted molar refractivity (Wildman–Crippen MR) is 80.3 cm³/mol. The third-order valence-corrected chi connectivity index (χ3v) is 4.29. The zero-order valence-corrected chi connectivity index (χ0v) is 12.3. The van der Waals surface area contributed by atoms with Crippen molar-refractivity contribution in [2.75, 3.05) is 6.54 Å². The number of benzene rings is 1. The van der Waals surface area contributed by atoms with Crippen LogP contribution in [0.4, 0.5) is 0 Å². The van der Waals surface area contributed by atoms with Gasteiger partial charge in [0.15, 0.2) is 0 Å². The molecule has 1 N–H and O–H groups in total. The lowest BCUT2D eigenvalue weighted by atomic mass is 10.1. The minimum absolute atomic E-state index is 0.100. The molecule has 0 saturated heterocycles. The van der Waals surface area contributed by atoms with E-state index in [0.717, 1.165) is 16.5 Å². The van der Waals surface area contributed by atoms with Crippen LogP contribution in [0.2, 0.25) is 0 Å². The maximum Gasteiger partial charge on any atom is 0.323 e. The Labute approximate surface area is 121 Å². The molecule has 0 fully saturated rings. The molecular formula is C15H17NO3S. The molecule has 1 aromatic carbocycles. The lowest BCUT2D eigenvalue weighted by Crippen LogP contribution is -2.41. The highest BCUT2D eigenvalue weighted by Gasteiger charge is 2.23. The highest BCUT2D eigenvalue weighted by atomic mass is 32.1. The van der Waals surface area contributed by atoms with Crippen LogP contribution in [0.25, 0.3) is 10.1 Å². The van der Waals surface area contributed by atoms with Gasteiger partial charge in [-0.3, -0.25) is 9.59 Å². The number of amides is 1. The van der Waals surface area contributed by atoms with Gasteiger partial charge in [0, 0.05) is 16.3 Å². The van der Waals surface area contributed by atoms with Gasteiger partial charge in [-0.15, -0.1) is 11.3 Å². The van der Waals surface area contributed by atoms with Gasteiger partial charge in [-0.1, -0.05) is 6.92 Å². The summed E-state index contributed by atoms with van der Waals surface area (Å²) in [5, 5.41) is 12.0. The molecule has 0 radical (unpaired) electrons. The Hall–Kier alpha value is -1.88. The molecule has 0 aliphatic heterocycles. The molecule has 4 nitrogen and oxygen atoms in total. The summed E-state index contributed by atoms with van der Waals surface area (Å²) in [4.78, 5) is 24.9. The van der Waals surface area contributed by atoms with Gasteiger partial charge >= 0.3 is 5.97 Å². The standard InChI is InChI=1S/C15H17NO3S/c1-3-10(2)16(9-14(17)18)15(19)12-4-5-13-11(8-12)6-7-20-13/h4-8,10H,3,9H2,1-2H3,(H,17,18). The van der Waals surface area contributed by atoms with E-state index >= 15 is 0 Å². The van der Waals surface area contributed by atoms with E-state index in [1.807, 2.05) is 37.4 Å². The van der Waals surface area contributed by atoms with E-state index in [4.69, 9.17) is 5.11 Å². The molecule has 2 rings (SSSR count). The maximum atomic E-state index is 12.5. The van der Waals surface area contributed by atoms with Crippen molar-refractivity contribution in [3.63, 3.8) is 0 Å². The smallest absolute Gasteiger partial charge is 0.323 e. The topological polar surface area (TPSA) is 57.6 Å². The molecule has 1 amide bonds. The van der Waals surface area contributed by atoms with Crippen molar-refractivity contribution < 1.29 is 14.7 Å². The molecule has 0 saturated carbocycles. The van der Waals surface area contributed by atoms with Gasteiger partial charge in [0.25, 0.3) is 5.91 Å². The number of thiophene rings is 1. The normalized spacial score (nSPS) is 12.3. The van der Waals surface area contributed by atoms with Gasteiger partial charge in [0.1, 0.15) is 6.54 Å². The minimum Gasteiger partial charge on any atom is -0.480 e. The van der Waals surface area contributed by atoms with Crippen LogP contribution in [0, 0.1) is 0 Å². The van der Waals surface area contributed by atoms with Crippen LogP contribution >= 0.6 is 11.3 Å². The van der Waals surface area contributed by atoms with E-state index in [-0.39, 0.29) is 18.5 Å². The van der Waals surface area contributed by atoms with Gasteiger partial charge in [-0.25, -0.2) is 0 Å². The first-order chi connectivity index (χ1) is 9.52. The number of rotatable bonds is 5. The van der Waals surface area contributed by atoms with Gasteiger partial charge in [0.2, 0.25) is 0 Å². The van der Waals surface area contributed by atoms with Crippen LogP contribution in [-0.2, 0) is 4.79 Å². The highest BCUT2D eigenvalue weighted by molar-refractivity contribution is 7.17. The molecule has 106 valence electrons. The number of aliphatic carboxylic acids is 1. The molecule has 1 aromatic heterocycles. The van der Waals surface area contributed by atoms with Gasteiger partial charge < -0.3 is 10.0 Å². The Kier molecular flexibility index (Phi) is 4.39. The third-order valence-electron chi connectivity index (χ3n) is 3.39. The van der Waals surface area contributed by atoms with Gasteiger partial charge in [0.05, 0.1) is 0 Å². The van der Waals surface area contributed by atoms with E-state index in [1.165, 1.54) is 4.90 Å². The summed E-state index contributed by atoms with van der Waals surface area (Å²) in [6.45, 7) is 3.54. The zero-order valence-electron chi connectivity index (χ0n) is 11.5. The Balaban J connectivity index is 2.31. The molecular weight excluding hydrogens is 274 g/mol. The molecule has 0 aliphatic carbocycles. The fraction of sp³-hybridized carbons (Fsp3) is 0.333. The first-order valence-corrected chi connectivity index (χ1v) is 7.41. The van der Waals surface area contributed by atoms with E-state index in [9.17, 15) is 9.59 Å². The van der Waals surface area contributed by atoms with Crippen LogP contribution in [-0.4, -0.2) is 34.5 Å². The molecule has 0 aliphatic rings. The van der Waals surface area contributed by atoms with Crippen molar-refractivity contribution >= 4 is 33.3 Å². The number of nitrogens with zero attached hydrogens (tertiary/aromatic N) is 1.